The molecule has 3 amide bonds. The van der Waals surface area contributed by atoms with Crippen LogP contribution in [0.4, 0.5) is 11.4 Å². The van der Waals surface area contributed by atoms with Gasteiger partial charge in [-0.2, -0.15) is 0 Å². The van der Waals surface area contributed by atoms with Crippen LogP contribution in [0.1, 0.15) is 57.7 Å². The largest absolute Gasteiger partial charge is 0.495 e. The Bertz CT molecular complexity index is 1830. The number of amides is 3. The van der Waals surface area contributed by atoms with Crippen LogP contribution < -0.4 is 19.7 Å². The molecule has 2 heterocycles. The van der Waals surface area contributed by atoms with Gasteiger partial charge >= 0.3 is 0 Å². The summed E-state index contributed by atoms with van der Waals surface area (Å²) in [7, 11) is 5.25. The fourth-order valence-electron chi connectivity index (χ4n) is 5.89. The van der Waals surface area contributed by atoms with Gasteiger partial charge in [-0.3, -0.25) is 14.4 Å². The minimum atomic E-state index is -0.366. The number of aromatic nitrogens is 1. The predicted octanol–water partition coefficient (Wildman–Crippen LogP) is 5.54. The molecule has 3 N–H and O–H groups in total. The molecule has 1 aromatic heterocycles. The van der Waals surface area contributed by atoms with Crippen LogP contribution in [0.3, 0.4) is 0 Å². The number of likely N-dealkylation sites (N-methyl/N-ethyl adjacent to an activating group) is 1. The van der Waals surface area contributed by atoms with E-state index in [1.165, 1.54) is 18.2 Å². The van der Waals surface area contributed by atoms with Gasteiger partial charge in [0.25, 0.3) is 11.8 Å². The number of carbonyl (C=O) groups is 3. The van der Waals surface area contributed by atoms with Gasteiger partial charge in [-0.25, -0.2) is 0 Å². The second-order valence-corrected chi connectivity index (χ2v) is 12.3. The molecule has 4 aromatic rings. The highest BCUT2D eigenvalue weighted by Crippen LogP contribution is 2.32. The Hall–Kier alpha value is -5.36. The molecule has 0 aliphatic carbocycles. The number of rotatable bonds is 13. The zero-order chi connectivity index (χ0) is 34.9. The summed E-state index contributed by atoms with van der Waals surface area (Å²) >= 11 is 0. The molecular formula is C37H44N6O6. The Morgan fingerprint density at radius 1 is 1.00 bits per heavy atom. The van der Waals surface area contributed by atoms with E-state index in [0.717, 1.165) is 51.0 Å². The number of methoxy groups -OCH3 is 1. The lowest BCUT2D eigenvalue weighted by Crippen LogP contribution is -2.47. The molecular weight excluding hydrogens is 624 g/mol. The Morgan fingerprint density at radius 2 is 1.80 bits per heavy atom. The first-order valence-electron chi connectivity index (χ1n) is 16.4. The lowest BCUT2D eigenvalue weighted by Gasteiger charge is -2.32. The highest BCUT2D eigenvalue weighted by atomic mass is 16.5. The number of aryl methyl sites for hydroxylation is 1. The van der Waals surface area contributed by atoms with E-state index >= 15 is 0 Å². The average molecular weight is 669 g/mol. The summed E-state index contributed by atoms with van der Waals surface area (Å²) < 4.78 is 11.7. The van der Waals surface area contributed by atoms with Crippen molar-refractivity contribution in [3.05, 3.63) is 83.0 Å². The Morgan fingerprint density at radius 3 is 2.55 bits per heavy atom. The summed E-state index contributed by atoms with van der Waals surface area (Å²) in [6.45, 7) is 5.87. The second kappa shape index (κ2) is 16.2. The summed E-state index contributed by atoms with van der Waals surface area (Å²) in [6, 6.07) is 17.6. The summed E-state index contributed by atoms with van der Waals surface area (Å²) in [6.07, 6.45) is 4.29. The fourth-order valence-corrected chi connectivity index (χ4v) is 5.89. The van der Waals surface area contributed by atoms with Gasteiger partial charge in [-0.15, -0.1) is 0 Å². The van der Waals surface area contributed by atoms with Gasteiger partial charge in [-0.1, -0.05) is 17.3 Å². The summed E-state index contributed by atoms with van der Waals surface area (Å²) in [4.78, 5) is 48.4. The topological polar surface area (TPSA) is 140 Å². The number of nitrogens with one attached hydrogen (secondary N) is 2. The van der Waals surface area contributed by atoms with Crippen LogP contribution in [-0.4, -0.2) is 97.9 Å². The number of fused-ring (bicyclic) bond motifs is 1. The third-order valence-corrected chi connectivity index (χ3v) is 8.75. The molecule has 0 saturated carbocycles. The van der Waals surface area contributed by atoms with Crippen molar-refractivity contribution in [3.8, 4) is 11.5 Å². The van der Waals surface area contributed by atoms with E-state index in [9.17, 15) is 14.4 Å². The number of hydrogen-bond donors (Lipinski definition) is 3. The van der Waals surface area contributed by atoms with Gasteiger partial charge in [0.1, 0.15) is 11.5 Å². The van der Waals surface area contributed by atoms with Crippen LogP contribution in [0.2, 0.25) is 0 Å². The number of benzene rings is 3. The first-order chi connectivity index (χ1) is 23.7. The van der Waals surface area contributed by atoms with Gasteiger partial charge in [0.2, 0.25) is 5.91 Å². The van der Waals surface area contributed by atoms with Gasteiger partial charge in [0.15, 0.2) is 0 Å². The number of anilines is 2. The van der Waals surface area contributed by atoms with Crippen LogP contribution in [0.5, 0.6) is 11.5 Å². The molecule has 0 atom stereocenters. The first kappa shape index (κ1) is 35.0. The van der Waals surface area contributed by atoms with Crippen molar-refractivity contribution >= 4 is 46.2 Å². The number of piperazine rings is 1. The molecule has 258 valence electrons. The molecule has 5 rings (SSSR count). The van der Waals surface area contributed by atoms with Crippen LogP contribution in [-0.2, 0) is 4.79 Å². The molecule has 49 heavy (non-hydrogen) atoms. The van der Waals surface area contributed by atoms with Crippen LogP contribution in [0.15, 0.2) is 65.8 Å². The van der Waals surface area contributed by atoms with E-state index < -0.39 is 0 Å². The van der Waals surface area contributed by atoms with E-state index in [0.29, 0.717) is 63.6 Å². The highest BCUT2D eigenvalue weighted by molar-refractivity contribution is 6.14. The van der Waals surface area contributed by atoms with Crippen LogP contribution in [0, 0.1) is 6.92 Å². The van der Waals surface area contributed by atoms with E-state index in [1.807, 2.05) is 36.1 Å². The third kappa shape index (κ3) is 8.57. The van der Waals surface area contributed by atoms with E-state index in [1.54, 1.807) is 43.4 Å². The summed E-state index contributed by atoms with van der Waals surface area (Å²) in [5, 5.41) is 15.5. The third-order valence-electron chi connectivity index (χ3n) is 8.75. The molecule has 1 fully saturated rings. The molecule has 12 heteroatoms. The molecule has 1 aliphatic rings. The van der Waals surface area contributed by atoms with E-state index in [-0.39, 0.29) is 17.7 Å². The summed E-state index contributed by atoms with van der Waals surface area (Å²) in [5.41, 5.74) is 4.09. The molecule has 1 aliphatic heterocycles. The lowest BCUT2D eigenvalue weighted by atomic mass is 10.1. The molecule has 0 bridgehead atoms. The van der Waals surface area contributed by atoms with Gasteiger partial charge < -0.3 is 39.7 Å². The van der Waals surface area contributed by atoms with Crippen molar-refractivity contribution < 1.29 is 29.1 Å². The molecule has 0 radical (unpaired) electrons. The number of nitrogens with zero attached hydrogens (tertiary/aromatic N) is 4. The second-order valence-electron chi connectivity index (χ2n) is 12.3. The number of ether oxygens (including phenoxy) is 2. The molecule has 0 spiro atoms. The smallest absolute Gasteiger partial charge is 0.258 e. The standard InChI is InChI=1S/C37H44N6O6/c1-25-12-15-32(34(21-25)49-20-7-5-6-11-35(44)43-18-16-41(2)17-19-43)42(3)37(46)26-13-14-31(33(22-26)48-4)40-36(45)28-9-8-10-30-29(28)23-27(39-30)24-38-47/h8-10,12-15,21-24,39,47H,5-7,11,16-20H2,1-4H3,(H,40,45). The van der Waals surface area contributed by atoms with Crippen molar-refractivity contribution in [2.45, 2.75) is 32.6 Å². The number of oxime groups is 1. The van der Waals surface area contributed by atoms with Gasteiger partial charge in [0, 0.05) is 61.7 Å². The number of hydrogen-bond acceptors (Lipinski definition) is 8. The van der Waals surface area contributed by atoms with Crippen molar-refractivity contribution in [3.63, 3.8) is 0 Å². The number of unbranched alkanes of at least 4 members (excludes halogenated alkanes) is 2. The van der Waals surface area contributed by atoms with Gasteiger partial charge in [-0.05, 0) is 87.3 Å². The Balaban J connectivity index is 1.20. The van der Waals surface area contributed by atoms with Crippen molar-refractivity contribution in [2.24, 2.45) is 5.16 Å². The summed E-state index contributed by atoms with van der Waals surface area (Å²) in [5.74, 6) is 0.513. The predicted molar refractivity (Wildman–Crippen MR) is 191 cm³/mol. The van der Waals surface area contributed by atoms with Crippen molar-refractivity contribution in [2.75, 3.05) is 64.2 Å². The zero-order valence-electron chi connectivity index (χ0n) is 28.5. The van der Waals surface area contributed by atoms with E-state index in [2.05, 4.69) is 27.4 Å². The van der Waals surface area contributed by atoms with Crippen molar-refractivity contribution in [1.82, 2.24) is 14.8 Å². The first-order valence-corrected chi connectivity index (χ1v) is 16.4. The quantitative estimate of drug-likeness (QED) is 0.0736. The zero-order valence-corrected chi connectivity index (χ0v) is 28.5. The number of H-pyrrole nitrogens is 1. The normalized spacial score (nSPS) is 13.5. The minimum Gasteiger partial charge on any atom is -0.495 e. The highest BCUT2D eigenvalue weighted by Gasteiger charge is 2.21. The minimum absolute atomic E-state index is 0.223. The SMILES string of the molecule is COc1cc(C(=O)N(C)c2ccc(C)cc2OCCCCCC(=O)N2CCN(C)CC2)ccc1NC(=O)c1cccc2[nH]c(C=NO)cc12. The lowest BCUT2D eigenvalue weighted by molar-refractivity contribution is -0.132. The van der Waals surface area contributed by atoms with Crippen LogP contribution >= 0.6 is 0 Å². The van der Waals surface area contributed by atoms with Crippen molar-refractivity contribution in [1.29, 1.82) is 0 Å². The molecule has 1 saturated heterocycles. The monoisotopic (exact) mass is 668 g/mol. The molecule has 12 nitrogen and oxygen atoms in total. The van der Waals surface area contributed by atoms with Crippen LogP contribution in [0.25, 0.3) is 10.9 Å². The molecule has 3 aromatic carbocycles. The maximum Gasteiger partial charge on any atom is 0.258 e. The molecule has 0 unspecified atom stereocenters. The number of carbonyl (C=O) groups excluding carboxylic acids is 3. The maximum atomic E-state index is 13.7. The fraction of sp³-hybridized carbons (Fsp3) is 0.351. The van der Waals surface area contributed by atoms with Gasteiger partial charge in [0.05, 0.1) is 37.0 Å². The van der Waals surface area contributed by atoms with E-state index in [4.69, 9.17) is 14.7 Å². The number of aromatic amines is 1. The average Bonchev–Trinajstić information content (AvgIpc) is 3.52. The maximum absolute atomic E-state index is 13.7. The Kier molecular flexibility index (Phi) is 11.5. The Labute approximate surface area is 286 Å².